The summed E-state index contributed by atoms with van der Waals surface area (Å²) in [6.45, 7) is 0.492. The molecule has 0 radical (unpaired) electrons. The van der Waals surface area contributed by atoms with Crippen molar-refractivity contribution in [3.05, 3.63) is 97.4 Å². The van der Waals surface area contributed by atoms with Crippen molar-refractivity contribution in [1.29, 1.82) is 0 Å². The fourth-order valence-corrected chi connectivity index (χ4v) is 5.21. The zero-order valence-electron chi connectivity index (χ0n) is 16.4. The van der Waals surface area contributed by atoms with Crippen LogP contribution in [0.3, 0.4) is 0 Å². The molecule has 4 nitrogen and oxygen atoms in total. The minimum absolute atomic E-state index is 0.0750. The second-order valence-electron chi connectivity index (χ2n) is 7.13. The average molecular weight is 526 g/mol. The lowest BCUT2D eigenvalue weighted by Crippen LogP contribution is -2.27. The number of thioether (sulfide) groups is 1. The first-order valence-corrected chi connectivity index (χ1v) is 12.1. The molecule has 0 aliphatic carbocycles. The molecule has 3 aromatic rings. The van der Waals surface area contributed by atoms with Crippen LogP contribution in [0, 0.1) is 0 Å². The maximum atomic E-state index is 12.7. The Balaban J connectivity index is 1.48. The van der Waals surface area contributed by atoms with Gasteiger partial charge in [-0.25, -0.2) is 0 Å². The largest absolute Gasteiger partial charge is 0.322 e. The van der Waals surface area contributed by atoms with Crippen molar-refractivity contribution in [3.8, 4) is 0 Å². The van der Waals surface area contributed by atoms with Crippen molar-refractivity contribution in [3.63, 3.8) is 0 Å². The number of nitrogens with one attached hydrogen (secondary N) is 1. The van der Waals surface area contributed by atoms with Crippen molar-refractivity contribution >= 4 is 75.7 Å². The number of rotatable bonds is 5. The first-order chi connectivity index (χ1) is 15.3. The Kier molecular flexibility index (Phi) is 7.23. The first kappa shape index (κ1) is 23.3. The van der Waals surface area contributed by atoms with Gasteiger partial charge in [-0.15, -0.1) is 11.8 Å². The van der Waals surface area contributed by atoms with E-state index in [4.69, 9.17) is 46.4 Å². The summed E-state index contributed by atoms with van der Waals surface area (Å²) in [6.07, 6.45) is 0. The van der Waals surface area contributed by atoms with E-state index in [9.17, 15) is 9.59 Å². The van der Waals surface area contributed by atoms with Gasteiger partial charge in [0, 0.05) is 17.1 Å². The molecular formula is C23H16Cl4N2O2S. The molecule has 1 heterocycles. The van der Waals surface area contributed by atoms with Gasteiger partial charge in [0.2, 0.25) is 5.91 Å². The van der Waals surface area contributed by atoms with Gasteiger partial charge in [-0.1, -0.05) is 70.7 Å². The van der Waals surface area contributed by atoms with Gasteiger partial charge < -0.3 is 10.2 Å². The second-order valence-corrected chi connectivity index (χ2v) is 9.86. The molecule has 0 aromatic heterocycles. The van der Waals surface area contributed by atoms with Crippen LogP contribution in [0.4, 0.5) is 5.69 Å². The number of carbonyl (C=O) groups excluding carboxylic acids is 2. The SMILES string of the molecule is O=C(Nc1cc(Cl)c(Cl)cc1Cl)c1ccc([C@H]2SCC(=O)N2Cc2ccc(Cl)cc2)cc1. The Morgan fingerprint density at radius 2 is 1.59 bits per heavy atom. The van der Waals surface area contributed by atoms with Gasteiger partial charge in [0.05, 0.1) is 26.5 Å². The molecule has 32 heavy (non-hydrogen) atoms. The van der Waals surface area contributed by atoms with E-state index < -0.39 is 0 Å². The molecule has 3 aromatic carbocycles. The summed E-state index contributed by atoms with van der Waals surface area (Å²) in [7, 11) is 0. The van der Waals surface area contributed by atoms with Crippen LogP contribution in [0.1, 0.15) is 26.9 Å². The number of anilines is 1. The zero-order valence-corrected chi connectivity index (χ0v) is 20.3. The normalized spacial score (nSPS) is 15.8. The smallest absolute Gasteiger partial charge is 0.255 e. The molecule has 1 N–H and O–H groups in total. The fraction of sp³-hybridized carbons (Fsp3) is 0.130. The maximum absolute atomic E-state index is 12.7. The topological polar surface area (TPSA) is 49.4 Å². The van der Waals surface area contributed by atoms with Crippen molar-refractivity contribution in [2.24, 2.45) is 0 Å². The summed E-state index contributed by atoms with van der Waals surface area (Å²) in [6, 6.07) is 17.6. The molecule has 1 aliphatic heterocycles. The quantitative estimate of drug-likeness (QED) is 0.355. The van der Waals surface area contributed by atoms with Gasteiger partial charge in [-0.05, 0) is 47.5 Å². The summed E-state index contributed by atoms with van der Waals surface area (Å²) in [4.78, 5) is 27.0. The van der Waals surface area contributed by atoms with Crippen LogP contribution < -0.4 is 5.32 Å². The van der Waals surface area contributed by atoms with Crippen LogP contribution in [-0.4, -0.2) is 22.5 Å². The predicted octanol–water partition coefficient (Wildman–Crippen LogP) is 7.33. The van der Waals surface area contributed by atoms with Gasteiger partial charge in [-0.3, -0.25) is 9.59 Å². The lowest BCUT2D eigenvalue weighted by Gasteiger charge is -2.24. The molecule has 2 amide bonds. The molecule has 1 atom stereocenters. The minimum atomic E-state index is -0.329. The van der Waals surface area contributed by atoms with E-state index in [1.807, 2.05) is 41.3 Å². The number of amides is 2. The lowest BCUT2D eigenvalue weighted by molar-refractivity contribution is -0.128. The molecule has 0 spiro atoms. The number of halogens is 4. The average Bonchev–Trinajstić information content (AvgIpc) is 3.13. The highest BCUT2D eigenvalue weighted by Crippen LogP contribution is 2.40. The van der Waals surface area contributed by atoms with Crippen LogP contribution in [0.5, 0.6) is 0 Å². The van der Waals surface area contributed by atoms with Gasteiger partial charge in [0.25, 0.3) is 5.91 Å². The summed E-state index contributed by atoms with van der Waals surface area (Å²) in [5, 5.41) is 4.18. The van der Waals surface area contributed by atoms with Crippen molar-refractivity contribution in [2.75, 3.05) is 11.1 Å². The monoisotopic (exact) mass is 524 g/mol. The van der Waals surface area contributed by atoms with Crippen LogP contribution in [0.15, 0.2) is 60.7 Å². The molecule has 164 valence electrons. The zero-order chi connectivity index (χ0) is 22.8. The number of nitrogens with zero attached hydrogens (tertiary/aromatic N) is 1. The third-order valence-electron chi connectivity index (χ3n) is 4.95. The second kappa shape index (κ2) is 9.94. The molecule has 9 heteroatoms. The van der Waals surface area contributed by atoms with Crippen molar-refractivity contribution < 1.29 is 9.59 Å². The van der Waals surface area contributed by atoms with Crippen molar-refractivity contribution in [2.45, 2.75) is 11.9 Å². The molecule has 0 bridgehead atoms. The summed E-state index contributed by atoms with van der Waals surface area (Å²) >= 11 is 25.6. The van der Waals surface area contributed by atoms with E-state index in [2.05, 4.69) is 5.32 Å². The third-order valence-corrected chi connectivity index (χ3v) is 7.49. The van der Waals surface area contributed by atoms with Gasteiger partial charge >= 0.3 is 0 Å². The van der Waals surface area contributed by atoms with E-state index in [-0.39, 0.29) is 17.2 Å². The number of carbonyl (C=O) groups is 2. The number of hydrogen-bond donors (Lipinski definition) is 1. The maximum Gasteiger partial charge on any atom is 0.255 e. The Labute approximate surface area is 209 Å². The number of benzene rings is 3. The summed E-state index contributed by atoms with van der Waals surface area (Å²) < 4.78 is 0. The predicted molar refractivity (Wildman–Crippen MR) is 133 cm³/mol. The van der Waals surface area contributed by atoms with Gasteiger partial charge in [0.15, 0.2) is 0 Å². The lowest BCUT2D eigenvalue weighted by atomic mass is 10.1. The van der Waals surface area contributed by atoms with E-state index in [0.717, 1.165) is 11.1 Å². The molecule has 1 aliphatic rings. The van der Waals surface area contributed by atoms with E-state index >= 15 is 0 Å². The van der Waals surface area contributed by atoms with E-state index in [1.165, 1.54) is 12.1 Å². The molecule has 1 fully saturated rings. The minimum Gasteiger partial charge on any atom is -0.322 e. The Bertz CT molecular complexity index is 1170. The van der Waals surface area contributed by atoms with E-state index in [1.54, 1.807) is 23.9 Å². The summed E-state index contributed by atoms with van der Waals surface area (Å²) in [5.74, 6) is 0.159. The Hall–Kier alpha value is -1.89. The fourth-order valence-electron chi connectivity index (χ4n) is 3.30. The molecule has 0 unspecified atom stereocenters. The standard InChI is InChI=1S/C23H16Cl4N2O2S/c24-16-7-1-13(2-8-16)11-29-21(30)12-32-23(29)15-5-3-14(4-6-15)22(31)28-20-10-18(26)17(25)9-19(20)27/h1-10,23H,11-12H2,(H,28,31)/t23-/m1/s1. The Morgan fingerprint density at radius 3 is 2.28 bits per heavy atom. The van der Waals surface area contributed by atoms with Crippen molar-refractivity contribution in [1.82, 2.24) is 4.90 Å². The molecule has 0 saturated carbocycles. The highest BCUT2D eigenvalue weighted by molar-refractivity contribution is 8.00. The van der Waals surface area contributed by atoms with Gasteiger partial charge in [0.1, 0.15) is 5.37 Å². The van der Waals surface area contributed by atoms with Crippen LogP contribution in [0.2, 0.25) is 20.1 Å². The van der Waals surface area contributed by atoms with E-state index in [0.29, 0.717) is 43.6 Å². The van der Waals surface area contributed by atoms with Gasteiger partial charge in [-0.2, -0.15) is 0 Å². The highest BCUT2D eigenvalue weighted by atomic mass is 35.5. The summed E-state index contributed by atoms with van der Waals surface area (Å²) in [5.41, 5.74) is 2.78. The van der Waals surface area contributed by atoms with Crippen LogP contribution in [0.25, 0.3) is 0 Å². The van der Waals surface area contributed by atoms with Crippen LogP contribution in [-0.2, 0) is 11.3 Å². The van der Waals surface area contributed by atoms with Crippen LogP contribution >= 0.6 is 58.2 Å². The molecule has 1 saturated heterocycles. The third kappa shape index (κ3) is 5.19. The first-order valence-electron chi connectivity index (χ1n) is 9.53. The molecular weight excluding hydrogens is 510 g/mol. The number of hydrogen-bond acceptors (Lipinski definition) is 3. The highest BCUT2D eigenvalue weighted by Gasteiger charge is 2.32. The molecule has 4 rings (SSSR count). The Morgan fingerprint density at radius 1 is 0.938 bits per heavy atom.